The first-order chi connectivity index (χ1) is 9.28. The Hall–Kier alpha value is -1.75. The molecular formula is C14H19N3O2. The Balaban J connectivity index is 1.64. The maximum atomic E-state index is 8.82. The number of benzene rings is 1. The molecule has 0 bridgehead atoms. The zero-order valence-corrected chi connectivity index (χ0v) is 10.8. The number of hydrogen-bond donors (Lipinski definition) is 2. The summed E-state index contributed by atoms with van der Waals surface area (Å²) in [6, 6.07) is 8.22. The summed E-state index contributed by atoms with van der Waals surface area (Å²) in [6.45, 7) is 1.81. The summed E-state index contributed by atoms with van der Waals surface area (Å²) in [6.07, 6.45) is 3.15. The van der Waals surface area contributed by atoms with Gasteiger partial charge in [-0.25, -0.2) is 0 Å². The highest BCUT2D eigenvalue weighted by atomic mass is 16.5. The van der Waals surface area contributed by atoms with Gasteiger partial charge in [-0.2, -0.15) is 0 Å². The average Bonchev–Trinajstić information content (AvgIpc) is 3.04. The second kappa shape index (κ2) is 5.09. The fourth-order valence-corrected chi connectivity index (χ4v) is 3.06. The lowest BCUT2D eigenvalue weighted by molar-refractivity contribution is 0.156. The summed E-state index contributed by atoms with van der Waals surface area (Å²) in [5.74, 6) is 1.31. The third kappa shape index (κ3) is 2.38. The first-order valence-corrected chi connectivity index (χ1v) is 6.74. The lowest BCUT2D eigenvalue weighted by Crippen LogP contribution is -2.44. The quantitative estimate of drug-likeness (QED) is 0.371. The maximum absolute atomic E-state index is 8.82. The molecule has 1 saturated heterocycles. The normalized spacial score (nSPS) is 27.3. The number of rotatable bonds is 3. The van der Waals surface area contributed by atoms with Crippen LogP contribution in [0, 0.1) is 0 Å². The fraction of sp³-hybridized carbons (Fsp3) is 0.500. The van der Waals surface area contributed by atoms with Gasteiger partial charge in [-0.1, -0.05) is 23.4 Å². The predicted octanol–water partition coefficient (Wildman–Crippen LogP) is 1.20. The van der Waals surface area contributed by atoms with Crippen LogP contribution in [-0.4, -0.2) is 41.2 Å². The number of para-hydroxylation sites is 1. The van der Waals surface area contributed by atoms with E-state index in [1.807, 2.05) is 18.2 Å². The standard InChI is InChI=1S/C14H19N3O2/c15-14(16-18)12-5-3-7-17(12)9-11-8-10-4-1-2-6-13(10)19-11/h1-2,4,6,11-12,18H,3,5,7-9H2,(H2,15,16). The molecule has 2 heterocycles. The SMILES string of the molecule is NC(=NO)C1CCCN1CC1Cc2ccccc2O1. The topological polar surface area (TPSA) is 71.1 Å². The van der Waals surface area contributed by atoms with Crippen LogP contribution in [0.5, 0.6) is 5.75 Å². The molecule has 1 aromatic rings. The highest BCUT2D eigenvalue weighted by Crippen LogP contribution is 2.29. The minimum absolute atomic E-state index is 0.0531. The summed E-state index contributed by atoms with van der Waals surface area (Å²) in [5.41, 5.74) is 7.01. The number of hydrogen-bond acceptors (Lipinski definition) is 4. The van der Waals surface area contributed by atoms with Crippen LogP contribution in [0.15, 0.2) is 29.4 Å². The number of ether oxygens (including phenoxy) is 1. The van der Waals surface area contributed by atoms with Gasteiger partial charge in [0.05, 0.1) is 6.04 Å². The largest absolute Gasteiger partial charge is 0.488 e. The van der Waals surface area contributed by atoms with Crippen LogP contribution in [-0.2, 0) is 6.42 Å². The van der Waals surface area contributed by atoms with Crippen LogP contribution in [0.4, 0.5) is 0 Å². The molecule has 0 spiro atoms. The van der Waals surface area contributed by atoms with Crippen LogP contribution in [0.2, 0.25) is 0 Å². The van der Waals surface area contributed by atoms with Gasteiger partial charge >= 0.3 is 0 Å². The maximum Gasteiger partial charge on any atom is 0.156 e. The highest BCUT2D eigenvalue weighted by molar-refractivity contribution is 5.85. The molecule has 3 N–H and O–H groups in total. The van der Waals surface area contributed by atoms with Crippen LogP contribution in [0.3, 0.4) is 0 Å². The molecule has 3 rings (SSSR count). The summed E-state index contributed by atoms with van der Waals surface area (Å²) in [4.78, 5) is 2.26. The van der Waals surface area contributed by atoms with E-state index in [1.165, 1.54) is 5.56 Å². The van der Waals surface area contributed by atoms with E-state index in [2.05, 4.69) is 16.1 Å². The number of oxime groups is 1. The van der Waals surface area contributed by atoms with Crippen molar-refractivity contribution in [2.75, 3.05) is 13.1 Å². The second-order valence-corrected chi connectivity index (χ2v) is 5.23. The lowest BCUT2D eigenvalue weighted by atomic mass is 10.1. The first-order valence-electron chi connectivity index (χ1n) is 6.74. The van der Waals surface area contributed by atoms with Crippen LogP contribution in [0.25, 0.3) is 0 Å². The molecule has 2 unspecified atom stereocenters. The van der Waals surface area contributed by atoms with Crippen LogP contribution in [0.1, 0.15) is 18.4 Å². The molecule has 2 atom stereocenters. The molecule has 1 aromatic carbocycles. The van der Waals surface area contributed by atoms with Crippen molar-refractivity contribution in [2.45, 2.75) is 31.4 Å². The minimum atomic E-state index is 0.0531. The highest BCUT2D eigenvalue weighted by Gasteiger charge is 2.32. The summed E-state index contributed by atoms with van der Waals surface area (Å²) in [7, 11) is 0. The Bertz CT molecular complexity index is 464. The molecule has 5 nitrogen and oxygen atoms in total. The van der Waals surface area contributed by atoms with Crippen molar-refractivity contribution in [2.24, 2.45) is 10.9 Å². The molecule has 0 aromatic heterocycles. The van der Waals surface area contributed by atoms with E-state index in [0.29, 0.717) is 5.84 Å². The number of nitrogens with zero attached hydrogens (tertiary/aromatic N) is 2. The lowest BCUT2D eigenvalue weighted by Gasteiger charge is -2.25. The number of nitrogens with two attached hydrogens (primary N) is 1. The van der Waals surface area contributed by atoms with E-state index in [-0.39, 0.29) is 12.1 Å². The van der Waals surface area contributed by atoms with Gasteiger partial charge in [0, 0.05) is 13.0 Å². The molecule has 0 saturated carbocycles. The van der Waals surface area contributed by atoms with Gasteiger partial charge in [-0.15, -0.1) is 0 Å². The summed E-state index contributed by atoms with van der Waals surface area (Å²) in [5, 5.41) is 12.0. The molecule has 2 aliphatic heterocycles. The van der Waals surface area contributed by atoms with Gasteiger partial charge < -0.3 is 15.7 Å². The monoisotopic (exact) mass is 261 g/mol. The Morgan fingerprint density at radius 2 is 2.32 bits per heavy atom. The molecule has 1 fully saturated rings. The minimum Gasteiger partial charge on any atom is -0.488 e. The average molecular weight is 261 g/mol. The molecule has 0 amide bonds. The number of likely N-dealkylation sites (tertiary alicyclic amines) is 1. The van der Waals surface area contributed by atoms with E-state index in [0.717, 1.165) is 38.1 Å². The predicted molar refractivity (Wildman–Crippen MR) is 72.6 cm³/mol. The zero-order valence-electron chi connectivity index (χ0n) is 10.8. The number of fused-ring (bicyclic) bond motifs is 1. The van der Waals surface area contributed by atoms with Crippen molar-refractivity contribution in [3.05, 3.63) is 29.8 Å². The van der Waals surface area contributed by atoms with Crippen LogP contribution >= 0.6 is 0 Å². The molecule has 0 radical (unpaired) electrons. The molecule has 19 heavy (non-hydrogen) atoms. The van der Waals surface area contributed by atoms with Gasteiger partial charge in [-0.05, 0) is 31.0 Å². The van der Waals surface area contributed by atoms with Gasteiger partial charge in [0.15, 0.2) is 5.84 Å². The fourth-order valence-electron chi connectivity index (χ4n) is 3.06. The Morgan fingerprint density at radius 1 is 1.47 bits per heavy atom. The molecule has 2 aliphatic rings. The third-order valence-corrected chi connectivity index (χ3v) is 3.97. The van der Waals surface area contributed by atoms with Crippen molar-refractivity contribution in [1.29, 1.82) is 0 Å². The van der Waals surface area contributed by atoms with Gasteiger partial charge in [0.1, 0.15) is 11.9 Å². The Kier molecular flexibility index (Phi) is 3.29. The van der Waals surface area contributed by atoms with Gasteiger partial charge in [0.2, 0.25) is 0 Å². The molecule has 102 valence electrons. The summed E-state index contributed by atoms with van der Waals surface area (Å²) >= 11 is 0. The van der Waals surface area contributed by atoms with Crippen molar-refractivity contribution in [3.8, 4) is 5.75 Å². The van der Waals surface area contributed by atoms with E-state index in [4.69, 9.17) is 15.7 Å². The Labute approximate surface area is 112 Å². The van der Waals surface area contributed by atoms with Crippen molar-refractivity contribution in [3.63, 3.8) is 0 Å². The van der Waals surface area contributed by atoms with Gasteiger partial charge in [0.25, 0.3) is 0 Å². The molecule has 0 aliphatic carbocycles. The van der Waals surface area contributed by atoms with E-state index in [1.54, 1.807) is 0 Å². The molecule has 5 heteroatoms. The summed E-state index contributed by atoms with van der Waals surface area (Å²) < 4.78 is 5.95. The van der Waals surface area contributed by atoms with Crippen molar-refractivity contribution < 1.29 is 9.94 Å². The molecular weight excluding hydrogens is 242 g/mol. The van der Waals surface area contributed by atoms with Crippen LogP contribution < -0.4 is 10.5 Å². The van der Waals surface area contributed by atoms with E-state index < -0.39 is 0 Å². The van der Waals surface area contributed by atoms with E-state index in [9.17, 15) is 0 Å². The van der Waals surface area contributed by atoms with Crippen molar-refractivity contribution >= 4 is 5.84 Å². The third-order valence-electron chi connectivity index (χ3n) is 3.97. The van der Waals surface area contributed by atoms with Gasteiger partial charge in [-0.3, -0.25) is 4.90 Å². The van der Waals surface area contributed by atoms with Crippen molar-refractivity contribution in [1.82, 2.24) is 4.90 Å². The zero-order chi connectivity index (χ0) is 13.2. The number of amidine groups is 1. The smallest absolute Gasteiger partial charge is 0.156 e. The first kappa shape index (κ1) is 12.3. The van der Waals surface area contributed by atoms with E-state index >= 15 is 0 Å². The second-order valence-electron chi connectivity index (χ2n) is 5.23. The Morgan fingerprint density at radius 3 is 3.11 bits per heavy atom.